The van der Waals surface area contributed by atoms with Crippen molar-refractivity contribution in [3.05, 3.63) is 23.8 Å². The molecule has 5 heteroatoms. The van der Waals surface area contributed by atoms with Gasteiger partial charge < -0.3 is 21.1 Å². The van der Waals surface area contributed by atoms with E-state index in [4.69, 9.17) is 13.6 Å². The molecule has 0 radical (unpaired) electrons. The first-order valence-electron chi connectivity index (χ1n) is 5.15. The number of aromatic hydroxyl groups is 2. The molecule has 0 aliphatic carbocycles. The van der Waals surface area contributed by atoms with E-state index in [1.165, 1.54) is 0 Å². The molecule has 0 bridgehead atoms. The lowest BCUT2D eigenvalue weighted by Gasteiger charge is -2.16. The molecule has 1 aromatic rings. The fourth-order valence-corrected chi connectivity index (χ4v) is 0.993. The van der Waals surface area contributed by atoms with Crippen LogP contribution in [0.25, 0.3) is 0 Å². The maximum absolute atomic E-state index is 11.1. The van der Waals surface area contributed by atoms with Gasteiger partial charge in [-0.3, -0.25) is 4.79 Å². The number of nitrogens with two attached hydrogens (primary N) is 1. The third-order valence-corrected chi connectivity index (χ3v) is 1.88. The van der Waals surface area contributed by atoms with Crippen LogP contribution in [0.2, 0.25) is 0 Å². The van der Waals surface area contributed by atoms with Crippen LogP contribution in [0.5, 0.6) is 11.5 Å². The number of ketones is 1. The van der Waals surface area contributed by atoms with Gasteiger partial charge in [0, 0.05) is 0 Å². The number of phenols is 2. The van der Waals surface area contributed by atoms with Crippen LogP contribution in [0.3, 0.4) is 0 Å². The van der Waals surface area contributed by atoms with Gasteiger partial charge in [-0.05, 0) is 24.6 Å². The normalized spacial score (nSPS) is 20.7. The molecule has 5 nitrogen and oxygen atoms in total. The molecule has 0 aliphatic heterocycles. The summed E-state index contributed by atoms with van der Waals surface area (Å²) in [7, 11) is 0. The number of hydrogen-bond donors (Lipinski definition) is 4. The zero-order valence-corrected chi connectivity index (χ0v) is 8.06. The van der Waals surface area contributed by atoms with Gasteiger partial charge in [0.25, 0.3) is 0 Å². The predicted molar refractivity (Wildman–Crippen MR) is 53.4 cm³/mol. The molecule has 0 aromatic heterocycles. The molecule has 0 unspecified atom stereocenters. The molecule has 1 aromatic carbocycles. The molecular formula is C10H13NO4. The molecule has 2 atom stereocenters. The van der Waals surface area contributed by atoms with Crippen molar-refractivity contribution in [2.45, 2.75) is 19.0 Å². The summed E-state index contributed by atoms with van der Waals surface area (Å²) in [5.74, 6) is -1.92. The van der Waals surface area contributed by atoms with Crippen molar-refractivity contribution < 1.29 is 22.9 Å². The standard InChI is InChI=1S/C10H13NO4/c1-5(12)9(11)10(15)6-2-3-7(13)8(14)4-6/h2-4,9-10,13-15H,11H2,1H3/t9-,10+/m1/s1/i9D,10D. The van der Waals surface area contributed by atoms with Crippen LogP contribution in [0.15, 0.2) is 18.2 Å². The summed E-state index contributed by atoms with van der Waals surface area (Å²) >= 11 is 0. The van der Waals surface area contributed by atoms with Crippen LogP contribution in [0.1, 0.15) is 21.3 Å². The zero-order valence-electron chi connectivity index (χ0n) is 10.1. The number of carbonyl (C=O) groups is 1. The molecule has 0 saturated carbocycles. The minimum atomic E-state index is -2.73. The molecule has 0 heterocycles. The topological polar surface area (TPSA) is 104 Å². The number of phenolic OH excluding ortho intramolecular Hbond substituents is 2. The summed E-state index contributed by atoms with van der Waals surface area (Å²) in [6.45, 7) is 0.979. The van der Waals surface area contributed by atoms with E-state index >= 15 is 0 Å². The summed E-state index contributed by atoms with van der Waals surface area (Å²) in [6.07, 6.45) is -2.73. The number of benzene rings is 1. The van der Waals surface area contributed by atoms with Gasteiger partial charge in [-0.15, -0.1) is 0 Å². The molecule has 5 N–H and O–H groups in total. The van der Waals surface area contributed by atoms with Gasteiger partial charge >= 0.3 is 0 Å². The fraction of sp³-hybridized carbons (Fsp3) is 0.300. The Morgan fingerprint density at radius 1 is 1.47 bits per heavy atom. The molecule has 0 amide bonds. The van der Waals surface area contributed by atoms with Crippen LogP contribution in [-0.2, 0) is 4.79 Å². The fourth-order valence-electron chi connectivity index (χ4n) is 0.993. The molecule has 0 aliphatic rings. The minimum Gasteiger partial charge on any atom is -0.504 e. The minimum absolute atomic E-state index is 0.263. The zero-order chi connectivity index (χ0) is 13.4. The first kappa shape index (κ1) is 8.70. The Balaban J connectivity index is 3.30. The maximum Gasteiger partial charge on any atom is 0.157 e. The SMILES string of the molecule is [2H][C@](O)(c1ccc(O)c(O)c1)[C@]([2H])(N)C(C)=O. The van der Waals surface area contributed by atoms with Gasteiger partial charge in [0.05, 0.1) is 8.76 Å². The molecule has 82 valence electrons. The molecule has 0 fully saturated rings. The van der Waals surface area contributed by atoms with Crippen molar-refractivity contribution in [1.29, 1.82) is 0 Å². The first-order chi connectivity index (χ1) is 7.60. The highest BCUT2D eigenvalue weighted by atomic mass is 16.3. The van der Waals surface area contributed by atoms with Crippen molar-refractivity contribution in [2.24, 2.45) is 5.73 Å². The Morgan fingerprint density at radius 3 is 2.53 bits per heavy atom. The number of rotatable bonds is 3. The Hall–Kier alpha value is -1.59. The van der Waals surface area contributed by atoms with Crippen molar-refractivity contribution in [3.63, 3.8) is 0 Å². The van der Waals surface area contributed by atoms with E-state index in [9.17, 15) is 15.0 Å². The quantitative estimate of drug-likeness (QED) is 0.531. The van der Waals surface area contributed by atoms with Gasteiger partial charge in [0.2, 0.25) is 0 Å². The maximum atomic E-state index is 11.1. The van der Waals surface area contributed by atoms with E-state index in [0.29, 0.717) is 0 Å². The van der Waals surface area contributed by atoms with Gasteiger partial charge in [-0.2, -0.15) is 0 Å². The second-order valence-corrected chi connectivity index (χ2v) is 3.02. The summed E-state index contributed by atoms with van der Waals surface area (Å²) in [5.41, 5.74) is 5.03. The van der Waals surface area contributed by atoms with Crippen molar-refractivity contribution in [3.8, 4) is 11.5 Å². The van der Waals surface area contributed by atoms with Crippen molar-refractivity contribution in [2.75, 3.05) is 0 Å². The lowest BCUT2D eigenvalue weighted by atomic mass is 10.00. The largest absolute Gasteiger partial charge is 0.504 e. The second-order valence-electron chi connectivity index (χ2n) is 3.02. The highest BCUT2D eigenvalue weighted by molar-refractivity contribution is 5.82. The first-order valence-corrected chi connectivity index (χ1v) is 4.15. The summed E-state index contributed by atoms with van der Waals surface area (Å²) in [6, 6.07) is 0.430. The average molecular weight is 213 g/mol. The lowest BCUT2D eigenvalue weighted by Crippen LogP contribution is -2.35. The van der Waals surface area contributed by atoms with Crippen molar-refractivity contribution >= 4 is 5.78 Å². The smallest absolute Gasteiger partial charge is 0.157 e. The monoisotopic (exact) mass is 213 g/mol. The summed E-state index contributed by atoms with van der Waals surface area (Å²) in [4.78, 5) is 11.1. The highest BCUT2D eigenvalue weighted by Gasteiger charge is 2.21. The van der Waals surface area contributed by atoms with Crippen LogP contribution in [0, 0.1) is 0 Å². The molecule has 1 rings (SSSR count). The van der Waals surface area contributed by atoms with Crippen molar-refractivity contribution in [1.82, 2.24) is 0 Å². The Morgan fingerprint density at radius 2 is 2.07 bits per heavy atom. The van der Waals surface area contributed by atoms with Crippen LogP contribution < -0.4 is 5.73 Å². The van der Waals surface area contributed by atoms with E-state index in [2.05, 4.69) is 0 Å². The summed E-state index contributed by atoms with van der Waals surface area (Å²) in [5, 5.41) is 28.2. The van der Waals surface area contributed by atoms with Crippen LogP contribution in [-0.4, -0.2) is 27.1 Å². The highest BCUT2D eigenvalue weighted by Crippen LogP contribution is 2.28. The molecule has 0 spiro atoms. The third kappa shape index (κ3) is 2.45. The van der Waals surface area contributed by atoms with E-state index in [0.717, 1.165) is 25.1 Å². The van der Waals surface area contributed by atoms with E-state index in [1.54, 1.807) is 0 Å². The average Bonchev–Trinajstić information content (AvgIpc) is 2.21. The van der Waals surface area contributed by atoms with Crippen LogP contribution >= 0.6 is 0 Å². The van der Waals surface area contributed by atoms with E-state index < -0.39 is 29.4 Å². The van der Waals surface area contributed by atoms with Gasteiger partial charge in [-0.25, -0.2) is 0 Å². The number of aliphatic hydroxyl groups is 1. The van der Waals surface area contributed by atoms with Crippen LogP contribution in [0.4, 0.5) is 0 Å². The molecule has 15 heavy (non-hydrogen) atoms. The number of hydrogen-bond acceptors (Lipinski definition) is 5. The summed E-state index contributed by atoms with van der Waals surface area (Å²) < 4.78 is 15.1. The van der Waals surface area contributed by atoms with Gasteiger partial charge in [0.1, 0.15) is 11.9 Å². The third-order valence-electron chi connectivity index (χ3n) is 1.88. The number of carbonyl (C=O) groups excluding carboxylic acids is 1. The Kier molecular flexibility index (Phi) is 2.49. The molecule has 0 saturated heterocycles. The lowest BCUT2D eigenvalue weighted by molar-refractivity contribution is -0.120. The second kappa shape index (κ2) is 4.29. The Bertz CT molecular complexity index is 460. The molecular weight excluding hydrogens is 198 g/mol. The van der Waals surface area contributed by atoms with E-state index in [1.807, 2.05) is 0 Å². The Labute approximate surface area is 89.6 Å². The van der Waals surface area contributed by atoms with E-state index in [-0.39, 0.29) is 5.56 Å². The van der Waals surface area contributed by atoms with Gasteiger partial charge in [0.15, 0.2) is 11.5 Å². The number of Topliss-reactive ketones (excluding diaryl/α,β-unsaturated/α-hetero) is 1. The predicted octanol–water partition coefficient (Wildman–Crippen LogP) is 0.0475. The van der Waals surface area contributed by atoms with Gasteiger partial charge in [-0.1, -0.05) is 6.07 Å².